The number of sulfone groups is 1. The van der Waals surface area contributed by atoms with Crippen molar-refractivity contribution in [2.24, 2.45) is 0 Å². The average molecular weight is 561 g/mol. The minimum absolute atomic E-state index is 0.103. The molecule has 0 bridgehead atoms. The zero-order valence-electron chi connectivity index (χ0n) is 22.6. The van der Waals surface area contributed by atoms with Gasteiger partial charge in [0.05, 0.1) is 11.4 Å². The number of anilines is 3. The van der Waals surface area contributed by atoms with Crippen molar-refractivity contribution < 1.29 is 22.7 Å². The second kappa shape index (κ2) is 10.2. The van der Waals surface area contributed by atoms with Gasteiger partial charge in [0.2, 0.25) is 5.91 Å². The topological polar surface area (TPSA) is 145 Å². The van der Waals surface area contributed by atoms with Crippen LogP contribution in [0.1, 0.15) is 26.3 Å². The molecule has 0 saturated carbocycles. The van der Waals surface area contributed by atoms with Crippen LogP contribution in [0.5, 0.6) is 11.6 Å². The summed E-state index contributed by atoms with van der Waals surface area (Å²) < 4.78 is 36.9. The number of carbonyl (C=O) groups is 1. The molecule has 11 nitrogen and oxygen atoms in total. The standard InChI is InChI=1S/C28H28N6O5S/c1-16-8-9-29-13-19(16)18-10-25(34-26(11-18)40(5,36)37)32-22-12-24(31-17(2)35)30-14-20(22)21-6-7-23-27(33-21)38-15-28(3,4)39-23/h6-14H,15H2,1-5H3,(H2,30,31,32,34,35). The van der Waals surface area contributed by atoms with Gasteiger partial charge in [0.25, 0.3) is 5.88 Å². The highest BCUT2D eigenvalue weighted by Crippen LogP contribution is 2.38. The van der Waals surface area contributed by atoms with E-state index < -0.39 is 15.4 Å². The third kappa shape index (κ3) is 5.86. The van der Waals surface area contributed by atoms with Gasteiger partial charge >= 0.3 is 0 Å². The number of carbonyl (C=O) groups excluding carboxylic acids is 1. The fourth-order valence-corrected chi connectivity index (χ4v) is 4.76. The molecular formula is C28H28N6O5S. The highest BCUT2D eigenvalue weighted by Gasteiger charge is 2.29. The third-order valence-corrected chi connectivity index (χ3v) is 7.02. The number of fused-ring (bicyclic) bond motifs is 1. The molecule has 1 aliphatic rings. The van der Waals surface area contributed by atoms with Crippen molar-refractivity contribution in [2.45, 2.75) is 38.3 Å². The van der Waals surface area contributed by atoms with Crippen molar-refractivity contribution in [1.29, 1.82) is 0 Å². The van der Waals surface area contributed by atoms with Crippen molar-refractivity contribution >= 4 is 33.1 Å². The summed E-state index contributed by atoms with van der Waals surface area (Å²) in [6.07, 6.45) is 6.01. The van der Waals surface area contributed by atoms with E-state index in [1.807, 2.05) is 26.8 Å². The number of nitrogens with zero attached hydrogens (tertiary/aromatic N) is 4. The fraction of sp³-hybridized carbons (Fsp3) is 0.250. The second-order valence-electron chi connectivity index (χ2n) is 10.1. The number of aromatic nitrogens is 4. The number of hydrogen-bond donors (Lipinski definition) is 2. The Morgan fingerprint density at radius 2 is 1.82 bits per heavy atom. The number of amides is 1. The first kappa shape index (κ1) is 27.0. The zero-order valence-corrected chi connectivity index (χ0v) is 23.5. The largest absolute Gasteiger partial charge is 0.479 e. The summed E-state index contributed by atoms with van der Waals surface area (Å²) in [5.41, 5.74) is 3.41. The Morgan fingerprint density at radius 1 is 1.02 bits per heavy atom. The summed E-state index contributed by atoms with van der Waals surface area (Å²) in [4.78, 5) is 29.3. The summed E-state index contributed by atoms with van der Waals surface area (Å²) in [5.74, 6) is 1.14. The Hall–Kier alpha value is -4.58. The molecule has 0 atom stereocenters. The first-order valence-electron chi connectivity index (χ1n) is 12.4. The Morgan fingerprint density at radius 3 is 2.55 bits per heavy atom. The second-order valence-corrected chi connectivity index (χ2v) is 12.1. The minimum Gasteiger partial charge on any atom is -0.479 e. The smallest absolute Gasteiger partial charge is 0.257 e. The van der Waals surface area contributed by atoms with Gasteiger partial charge in [0.1, 0.15) is 23.8 Å². The average Bonchev–Trinajstić information content (AvgIpc) is 2.87. The van der Waals surface area contributed by atoms with E-state index in [0.29, 0.717) is 46.6 Å². The van der Waals surface area contributed by atoms with Crippen LogP contribution < -0.4 is 20.1 Å². The minimum atomic E-state index is -3.65. The van der Waals surface area contributed by atoms with Gasteiger partial charge in [-0.25, -0.2) is 23.4 Å². The molecule has 1 aliphatic heterocycles. The van der Waals surface area contributed by atoms with Gasteiger partial charge in [-0.15, -0.1) is 0 Å². The van der Waals surface area contributed by atoms with Crippen LogP contribution in [0.25, 0.3) is 22.4 Å². The molecule has 40 heavy (non-hydrogen) atoms. The molecule has 2 N–H and O–H groups in total. The van der Waals surface area contributed by atoms with Crippen LogP contribution in [0.4, 0.5) is 17.3 Å². The van der Waals surface area contributed by atoms with Gasteiger partial charge < -0.3 is 20.1 Å². The van der Waals surface area contributed by atoms with E-state index in [1.165, 1.54) is 13.0 Å². The highest BCUT2D eigenvalue weighted by molar-refractivity contribution is 7.90. The molecule has 0 radical (unpaired) electrons. The van der Waals surface area contributed by atoms with E-state index in [0.717, 1.165) is 17.4 Å². The molecule has 5 heterocycles. The zero-order chi connectivity index (χ0) is 28.7. The predicted molar refractivity (Wildman–Crippen MR) is 151 cm³/mol. The van der Waals surface area contributed by atoms with E-state index in [9.17, 15) is 13.2 Å². The predicted octanol–water partition coefficient (Wildman–Crippen LogP) is 4.56. The molecular weight excluding hydrogens is 532 g/mol. The van der Waals surface area contributed by atoms with Gasteiger partial charge in [0, 0.05) is 49.0 Å². The molecule has 12 heteroatoms. The maximum absolute atomic E-state index is 12.6. The summed E-state index contributed by atoms with van der Waals surface area (Å²) in [6, 6.07) is 10.3. The molecule has 0 unspecified atom stereocenters. The lowest BCUT2D eigenvalue weighted by atomic mass is 10.0. The van der Waals surface area contributed by atoms with Crippen LogP contribution in [-0.4, -0.2) is 52.7 Å². The quantitative estimate of drug-likeness (QED) is 0.344. The number of hydrogen-bond acceptors (Lipinski definition) is 10. The Bertz CT molecular complexity index is 1740. The molecule has 4 aromatic heterocycles. The fourth-order valence-electron chi connectivity index (χ4n) is 4.16. The van der Waals surface area contributed by atoms with E-state index in [-0.39, 0.29) is 16.8 Å². The van der Waals surface area contributed by atoms with E-state index >= 15 is 0 Å². The first-order chi connectivity index (χ1) is 18.9. The van der Waals surface area contributed by atoms with E-state index in [1.54, 1.807) is 42.9 Å². The first-order valence-corrected chi connectivity index (χ1v) is 14.3. The molecule has 0 aromatic carbocycles. The molecule has 0 spiro atoms. The van der Waals surface area contributed by atoms with Gasteiger partial charge in [-0.3, -0.25) is 9.78 Å². The molecule has 206 valence electrons. The molecule has 0 aliphatic carbocycles. The number of ether oxygens (including phenoxy) is 2. The monoisotopic (exact) mass is 560 g/mol. The van der Waals surface area contributed by atoms with Crippen molar-refractivity contribution in [3.05, 3.63) is 60.6 Å². The maximum atomic E-state index is 12.6. The molecule has 0 fully saturated rings. The lowest BCUT2D eigenvalue weighted by molar-refractivity contribution is -0.114. The van der Waals surface area contributed by atoms with E-state index in [4.69, 9.17) is 9.47 Å². The number of rotatable bonds is 6. The normalized spacial score (nSPS) is 13.9. The van der Waals surface area contributed by atoms with Crippen LogP contribution >= 0.6 is 0 Å². The van der Waals surface area contributed by atoms with Crippen LogP contribution in [0.3, 0.4) is 0 Å². The van der Waals surface area contributed by atoms with Crippen LogP contribution in [0, 0.1) is 6.92 Å². The SMILES string of the molecule is CC(=O)Nc1cc(Nc2cc(-c3cnccc3C)cc(S(C)(=O)=O)n2)c(-c2ccc3c(n2)OCC(C)(C)O3)cn1. The van der Waals surface area contributed by atoms with Crippen LogP contribution in [0.2, 0.25) is 0 Å². The van der Waals surface area contributed by atoms with E-state index in [2.05, 4.69) is 30.6 Å². The van der Waals surface area contributed by atoms with Crippen LogP contribution in [0.15, 0.2) is 60.0 Å². The maximum Gasteiger partial charge on any atom is 0.257 e. The highest BCUT2D eigenvalue weighted by atomic mass is 32.2. The molecule has 1 amide bonds. The Kier molecular flexibility index (Phi) is 6.88. The summed E-state index contributed by atoms with van der Waals surface area (Å²) in [5, 5.41) is 5.79. The van der Waals surface area contributed by atoms with Gasteiger partial charge in [-0.2, -0.15) is 0 Å². The number of nitrogens with one attached hydrogen (secondary N) is 2. The van der Waals surface area contributed by atoms with Crippen molar-refractivity contribution in [3.63, 3.8) is 0 Å². The van der Waals surface area contributed by atoms with Gasteiger partial charge in [0.15, 0.2) is 20.6 Å². The molecule has 5 rings (SSSR count). The van der Waals surface area contributed by atoms with Gasteiger partial charge in [-0.1, -0.05) is 0 Å². The molecule has 0 saturated heterocycles. The molecule has 4 aromatic rings. The van der Waals surface area contributed by atoms with Crippen molar-refractivity contribution in [3.8, 4) is 34.0 Å². The Balaban J connectivity index is 1.62. The lowest BCUT2D eigenvalue weighted by Gasteiger charge is -2.31. The lowest BCUT2D eigenvalue weighted by Crippen LogP contribution is -2.39. The number of aryl methyl sites for hydroxylation is 1. The van der Waals surface area contributed by atoms with Crippen molar-refractivity contribution in [1.82, 2.24) is 19.9 Å². The van der Waals surface area contributed by atoms with Gasteiger partial charge in [-0.05, 0) is 62.2 Å². The van der Waals surface area contributed by atoms with Crippen LogP contribution in [-0.2, 0) is 14.6 Å². The summed E-state index contributed by atoms with van der Waals surface area (Å²) in [7, 11) is -3.65. The third-order valence-electron chi connectivity index (χ3n) is 6.05. The van der Waals surface area contributed by atoms with Crippen molar-refractivity contribution in [2.75, 3.05) is 23.5 Å². The summed E-state index contributed by atoms with van der Waals surface area (Å²) >= 11 is 0. The number of pyridine rings is 4. The summed E-state index contributed by atoms with van der Waals surface area (Å²) in [6.45, 7) is 7.48. The Labute approximate surface area is 232 Å².